The molecule has 3 saturated carbocycles. The van der Waals surface area contributed by atoms with Gasteiger partial charge in [0, 0.05) is 12.3 Å². The normalized spacial score (nSPS) is 41.7. The van der Waals surface area contributed by atoms with E-state index in [1.54, 1.807) is 0 Å². The van der Waals surface area contributed by atoms with E-state index in [1.165, 1.54) is 6.42 Å². The number of likely N-dealkylation sites (N-methyl/N-ethyl adjacent to an activating group) is 1. The van der Waals surface area contributed by atoms with E-state index in [9.17, 15) is 5.11 Å². The molecule has 3 atom stereocenters. The van der Waals surface area contributed by atoms with Crippen LogP contribution in [0.3, 0.4) is 0 Å². The van der Waals surface area contributed by atoms with Crippen molar-refractivity contribution in [2.24, 2.45) is 22.2 Å². The van der Waals surface area contributed by atoms with Crippen LogP contribution >= 0.6 is 0 Å². The van der Waals surface area contributed by atoms with Gasteiger partial charge in [-0.25, -0.2) is 0 Å². The van der Waals surface area contributed by atoms with Crippen LogP contribution in [0.4, 0.5) is 0 Å². The zero-order valence-electron chi connectivity index (χ0n) is 11.8. The number of aliphatic hydroxyl groups is 1. The van der Waals surface area contributed by atoms with E-state index in [4.69, 9.17) is 0 Å². The van der Waals surface area contributed by atoms with Crippen molar-refractivity contribution in [1.82, 2.24) is 4.90 Å². The highest BCUT2D eigenvalue weighted by atomic mass is 16.3. The van der Waals surface area contributed by atoms with Crippen molar-refractivity contribution < 1.29 is 5.11 Å². The highest BCUT2D eigenvalue weighted by molar-refractivity contribution is 5.94. The fourth-order valence-electron chi connectivity index (χ4n) is 3.57. The third-order valence-electron chi connectivity index (χ3n) is 5.02. The molecule has 0 radical (unpaired) electrons. The summed E-state index contributed by atoms with van der Waals surface area (Å²) in [6.45, 7) is 8.30. The Hall–Kier alpha value is -0.410. The molecule has 3 fully saturated rings. The fourth-order valence-corrected chi connectivity index (χ4v) is 3.57. The molecule has 0 saturated heterocycles. The van der Waals surface area contributed by atoms with Crippen LogP contribution < -0.4 is 0 Å². The van der Waals surface area contributed by atoms with Gasteiger partial charge in [-0.2, -0.15) is 0 Å². The van der Waals surface area contributed by atoms with Crippen LogP contribution in [0.25, 0.3) is 0 Å². The van der Waals surface area contributed by atoms with Crippen molar-refractivity contribution in [3.63, 3.8) is 0 Å². The minimum absolute atomic E-state index is 0.296. The molecular weight excluding hydrogens is 212 g/mol. The highest BCUT2D eigenvalue weighted by Gasteiger charge is 2.61. The molecule has 0 amide bonds. The van der Waals surface area contributed by atoms with Crippen molar-refractivity contribution in [3.05, 3.63) is 0 Å². The lowest BCUT2D eigenvalue weighted by Gasteiger charge is -2.62. The summed E-state index contributed by atoms with van der Waals surface area (Å²) in [5, 5.41) is 10.7. The van der Waals surface area contributed by atoms with Crippen LogP contribution in [0.15, 0.2) is 4.99 Å². The molecule has 0 aromatic heterocycles. The van der Waals surface area contributed by atoms with Crippen LogP contribution in [0.2, 0.25) is 0 Å². The fraction of sp³-hybridized carbons (Fsp3) is 0.929. The first-order valence-corrected chi connectivity index (χ1v) is 6.67. The first-order valence-electron chi connectivity index (χ1n) is 6.67. The Morgan fingerprint density at radius 1 is 1.35 bits per heavy atom. The smallest absolute Gasteiger partial charge is 0.103 e. The van der Waals surface area contributed by atoms with Gasteiger partial charge < -0.3 is 10.0 Å². The van der Waals surface area contributed by atoms with E-state index in [-0.39, 0.29) is 0 Å². The second-order valence-electron chi connectivity index (χ2n) is 6.79. The maximum Gasteiger partial charge on any atom is 0.103 e. The van der Waals surface area contributed by atoms with Crippen molar-refractivity contribution in [3.8, 4) is 0 Å². The van der Waals surface area contributed by atoms with Gasteiger partial charge in [0.15, 0.2) is 0 Å². The molecule has 0 aliphatic heterocycles. The van der Waals surface area contributed by atoms with Gasteiger partial charge in [-0.3, -0.25) is 4.99 Å². The number of aliphatic imine (C=N–C) groups is 1. The van der Waals surface area contributed by atoms with Crippen molar-refractivity contribution >= 4 is 5.71 Å². The molecule has 17 heavy (non-hydrogen) atoms. The molecule has 0 aromatic carbocycles. The summed E-state index contributed by atoms with van der Waals surface area (Å²) in [7, 11) is 4.11. The minimum Gasteiger partial charge on any atom is -0.384 e. The van der Waals surface area contributed by atoms with E-state index in [2.05, 4.69) is 37.8 Å². The van der Waals surface area contributed by atoms with E-state index >= 15 is 0 Å². The largest absolute Gasteiger partial charge is 0.384 e. The average Bonchev–Trinajstić information content (AvgIpc) is 2.18. The predicted molar refractivity (Wildman–Crippen MR) is 71.5 cm³/mol. The van der Waals surface area contributed by atoms with Gasteiger partial charge in [-0.15, -0.1) is 0 Å². The second-order valence-corrected chi connectivity index (χ2v) is 6.79. The second kappa shape index (κ2) is 4.06. The monoisotopic (exact) mass is 238 g/mol. The predicted octanol–water partition coefficient (Wildman–Crippen LogP) is 1.81. The molecule has 0 unspecified atom stereocenters. The Bertz CT molecular complexity index is 331. The molecule has 0 heterocycles. The molecule has 1 N–H and O–H groups in total. The Morgan fingerprint density at radius 2 is 2.00 bits per heavy atom. The van der Waals surface area contributed by atoms with E-state index in [0.717, 1.165) is 31.1 Å². The quantitative estimate of drug-likeness (QED) is 0.814. The summed E-state index contributed by atoms with van der Waals surface area (Å²) in [5.41, 5.74) is 0.661. The average molecular weight is 238 g/mol. The number of hydrogen-bond acceptors (Lipinski definition) is 3. The standard InChI is InChI=1S/C14H26N2O/c1-13(2)10-8-11(13)14(3,17)12(9-10)15-6-7-16(4)5/h10-11,17H,6-9H2,1-5H3/t10-,11-,14-/m1/s1. The molecular formula is C14H26N2O. The van der Waals surface area contributed by atoms with Gasteiger partial charge in [-0.05, 0) is 51.1 Å². The molecule has 0 spiro atoms. The van der Waals surface area contributed by atoms with Crippen LogP contribution in [0.5, 0.6) is 0 Å². The van der Waals surface area contributed by atoms with Crippen molar-refractivity contribution in [2.75, 3.05) is 27.2 Å². The lowest BCUT2D eigenvalue weighted by atomic mass is 9.44. The van der Waals surface area contributed by atoms with Crippen LogP contribution in [-0.2, 0) is 0 Å². The first kappa shape index (κ1) is 13.0. The number of fused-ring (bicyclic) bond motifs is 2. The van der Waals surface area contributed by atoms with E-state index in [1.807, 2.05) is 6.92 Å². The zero-order chi connectivity index (χ0) is 12.8. The number of rotatable bonds is 3. The molecule has 0 aromatic rings. The van der Waals surface area contributed by atoms with Crippen LogP contribution in [-0.4, -0.2) is 48.5 Å². The van der Waals surface area contributed by atoms with E-state index in [0.29, 0.717) is 11.3 Å². The van der Waals surface area contributed by atoms with Crippen molar-refractivity contribution in [2.45, 2.75) is 39.2 Å². The van der Waals surface area contributed by atoms with Gasteiger partial charge in [0.2, 0.25) is 0 Å². The minimum atomic E-state index is -0.676. The third-order valence-corrected chi connectivity index (χ3v) is 5.02. The topological polar surface area (TPSA) is 35.8 Å². The molecule has 98 valence electrons. The number of nitrogens with zero attached hydrogens (tertiary/aromatic N) is 2. The lowest BCUT2D eigenvalue weighted by molar-refractivity contribution is -0.134. The first-order chi connectivity index (χ1) is 7.76. The lowest BCUT2D eigenvalue weighted by Crippen LogP contribution is -2.64. The maximum atomic E-state index is 10.7. The molecule has 3 heteroatoms. The molecule has 2 bridgehead atoms. The van der Waals surface area contributed by atoms with E-state index < -0.39 is 5.60 Å². The Morgan fingerprint density at radius 3 is 2.47 bits per heavy atom. The zero-order valence-corrected chi connectivity index (χ0v) is 11.8. The van der Waals surface area contributed by atoms with Crippen molar-refractivity contribution in [1.29, 1.82) is 0 Å². The Balaban J connectivity index is 2.07. The molecule has 3 rings (SSSR count). The van der Waals surface area contributed by atoms with Gasteiger partial charge in [0.25, 0.3) is 0 Å². The summed E-state index contributed by atoms with van der Waals surface area (Å²) in [6, 6.07) is 0. The van der Waals surface area contributed by atoms with Crippen LogP contribution in [0.1, 0.15) is 33.6 Å². The molecule has 3 aliphatic carbocycles. The summed E-state index contributed by atoms with van der Waals surface area (Å²) in [4.78, 5) is 6.78. The maximum absolute atomic E-state index is 10.7. The summed E-state index contributed by atoms with van der Waals surface area (Å²) < 4.78 is 0. The van der Waals surface area contributed by atoms with Gasteiger partial charge >= 0.3 is 0 Å². The summed E-state index contributed by atoms with van der Waals surface area (Å²) in [6.07, 6.45) is 2.16. The Kier molecular flexibility index (Phi) is 3.11. The molecule has 3 aliphatic rings. The van der Waals surface area contributed by atoms with Crippen LogP contribution in [0, 0.1) is 17.3 Å². The SMILES string of the molecule is CN(C)CCN=C1C[C@H]2C[C@H](C2(C)C)[C@@]1(C)O. The summed E-state index contributed by atoms with van der Waals surface area (Å²) in [5.74, 6) is 1.12. The number of hydrogen-bond donors (Lipinski definition) is 1. The highest BCUT2D eigenvalue weighted by Crippen LogP contribution is 2.61. The third kappa shape index (κ3) is 2.04. The van der Waals surface area contributed by atoms with Gasteiger partial charge in [0.1, 0.15) is 5.60 Å². The van der Waals surface area contributed by atoms with Gasteiger partial charge in [0.05, 0.1) is 6.54 Å². The molecule has 3 nitrogen and oxygen atoms in total. The van der Waals surface area contributed by atoms with Gasteiger partial charge in [-0.1, -0.05) is 13.8 Å². The summed E-state index contributed by atoms with van der Waals surface area (Å²) >= 11 is 0. The Labute approximate surface area is 105 Å².